The average Bonchev–Trinajstić information content (AvgIpc) is 2.53. The number of carbonyl (C=O) groups excluding carboxylic acids is 1. The molecule has 1 fully saturated rings. The number of amides is 1. The van der Waals surface area contributed by atoms with E-state index in [9.17, 15) is 4.79 Å². The highest BCUT2D eigenvalue weighted by atomic mass is 35.5. The monoisotopic (exact) mass is 389 g/mol. The number of carbonyl (C=O) groups is 1. The van der Waals surface area contributed by atoms with E-state index in [4.69, 9.17) is 0 Å². The zero-order chi connectivity index (χ0) is 16.7. The molecule has 0 aromatic heterocycles. The van der Waals surface area contributed by atoms with Crippen LogP contribution >= 0.6 is 24.8 Å². The molecule has 1 aromatic rings. The molecule has 144 valence electrons. The zero-order valence-corrected chi connectivity index (χ0v) is 17.2. The van der Waals surface area contributed by atoms with Gasteiger partial charge in [0.2, 0.25) is 5.91 Å². The Kier molecular flexibility index (Phi) is 12.1. The van der Waals surface area contributed by atoms with Gasteiger partial charge in [-0.05, 0) is 37.7 Å². The lowest BCUT2D eigenvalue weighted by atomic mass is 9.88. The van der Waals surface area contributed by atoms with Crippen molar-refractivity contribution in [1.29, 1.82) is 0 Å². The Morgan fingerprint density at radius 1 is 1.12 bits per heavy atom. The van der Waals surface area contributed by atoms with E-state index in [1.54, 1.807) is 0 Å². The highest BCUT2D eigenvalue weighted by molar-refractivity contribution is 5.85. The predicted octanol–water partition coefficient (Wildman–Crippen LogP) is 3.06. The summed E-state index contributed by atoms with van der Waals surface area (Å²) in [6.07, 6.45) is 0. The van der Waals surface area contributed by atoms with Crippen molar-refractivity contribution in [3.8, 4) is 0 Å². The van der Waals surface area contributed by atoms with E-state index in [1.165, 1.54) is 5.56 Å². The van der Waals surface area contributed by atoms with Crippen LogP contribution in [0.15, 0.2) is 30.3 Å². The minimum absolute atomic E-state index is 0. The smallest absolute Gasteiger partial charge is 0.226 e. The van der Waals surface area contributed by atoms with Crippen molar-refractivity contribution in [1.82, 2.24) is 15.1 Å². The number of hydrogen-bond donors (Lipinski definition) is 1. The van der Waals surface area contributed by atoms with Gasteiger partial charge in [-0.1, -0.05) is 51.1 Å². The average molecular weight is 390 g/mol. The van der Waals surface area contributed by atoms with Crippen molar-refractivity contribution in [3.05, 3.63) is 35.9 Å². The molecule has 0 aliphatic carbocycles. The molecule has 1 unspecified atom stereocenters. The maximum Gasteiger partial charge on any atom is 0.226 e. The molecular weight excluding hydrogens is 357 g/mol. The summed E-state index contributed by atoms with van der Waals surface area (Å²) in [5, 5.41) is 3.28. The Morgan fingerprint density at radius 3 is 2.20 bits per heavy atom. The van der Waals surface area contributed by atoms with Crippen molar-refractivity contribution in [3.63, 3.8) is 0 Å². The molecule has 1 N–H and O–H groups in total. The first-order valence-electron chi connectivity index (χ1n) is 8.91. The van der Waals surface area contributed by atoms with Crippen LogP contribution in [0.5, 0.6) is 0 Å². The van der Waals surface area contributed by atoms with Crippen LogP contribution in [-0.4, -0.2) is 55.0 Å². The molecule has 6 heteroatoms. The molecule has 0 radical (unpaired) electrons. The number of hydrogen-bond acceptors (Lipinski definition) is 3. The zero-order valence-electron chi connectivity index (χ0n) is 15.6. The van der Waals surface area contributed by atoms with E-state index in [1.807, 2.05) is 18.2 Å². The lowest BCUT2D eigenvalue weighted by Crippen LogP contribution is -2.51. The van der Waals surface area contributed by atoms with E-state index >= 15 is 0 Å². The quantitative estimate of drug-likeness (QED) is 0.704. The molecule has 1 aliphatic rings. The lowest BCUT2D eigenvalue weighted by Gasteiger charge is -2.35. The summed E-state index contributed by atoms with van der Waals surface area (Å²) in [5.41, 5.74) is 1.21. The summed E-state index contributed by atoms with van der Waals surface area (Å²) in [7, 11) is 0. The maximum atomic E-state index is 13.0. The molecule has 4 nitrogen and oxygen atoms in total. The number of rotatable bonds is 9. The second-order valence-electron chi connectivity index (χ2n) is 6.48. The third kappa shape index (κ3) is 7.14. The molecule has 0 spiro atoms. The first kappa shape index (κ1) is 24.2. The Bertz CT molecular complexity index is 479. The number of benzene rings is 1. The van der Waals surface area contributed by atoms with Crippen LogP contribution < -0.4 is 5.32 Å². The Labute approximate surface area is 165 Å². The predicted molar refractivity (Wildman–Crippen MR) is 110 cm³/mol. The van der Waals surface area contributed by atoms with Crippen molar-refractivity contribution in [2.24, 2.45) is 11.8 Å². The lowest BCUT2D eigenvalue weighted by molar-refractivity contribution is -0.138. The molecule has 2 rings (SSSR count). The Balaban J connectivity index is 0.00000288. The molecule has 1 atom stereocenters. The van der Waals surface area contributed by atoms with Gasteiger partial charge in [-0.25, -0.2) is 0 Å². The first-order valence-corrected chi connectivity index (χ1v) is 8.91. The summed E-state index contributed by atoms with van der Waals surface area (Å²) < 4.78 is 0. The molecule has 1 amide bonds. The summed E-state index contributed by atoms with van der Waals surface area (Å²) >= 11 is 0. The van der Waals surface area contributed by atoms with Crippen LogP contribution in [0.1, 0.15) is 26.3 Å². The van der Waals surface area contributed by atoms with Crippen LogP contribution in [0, 0.1) is 11.8 Å². The van der Waals surface area contributed by atoms with Gasteiger partial charge in [-0.3, -0.25) is 4.79 Å². The molecule has 25 heavy (non-hydrogen) atoms. The van der Waals surface area contributed by atoms with Crippen LogP contribution in [0.2, 0.25) is 0 Å². The molecule has 1 aromatic carbocycles. The van der Waals surface area contributed by atoms with Crippen LogP contribution in [-0.2, 0) is 11.3 Å². The highest BCUT2D eigenvalue weighted by Crippen LogP contribution is 2.19. The standard InChI is InChI=1S/C19H31N3O.2ClH/c1-4-21(5-2)11-12-22(15-17-9-7-6-8-10-17)19(23)16(3)18-13-20-14-18;;/h6-10,16,18,20H,4-5,11-15H2,1-3H3;2*1H. The van der Waals surface area contributed by atoms with E-state index in [0.717, 1.165) is 39.3 Å². The second-order valence-corrected chi connectivity index (χ2v) is 6.48. The molecule has 1 aliphatic heterocycles. The summed E-state index contributed by atoms with van der Waals surface area (Å²) in [6, 6.07) is 10.3. The molecule has 1 saturated heterocycles. The fraction of sp³-hybridized carbons (Fsp3) is 0.632. The molecule has 1 heterocycles. The number of likely N-dealkylation sites (N-methyl/N-ethyl adjacent to an activating group) is 1. The molecular formula is C19H33Cl2N3O. The van der Waals surface area contributed by atoms with Crippen LogP contribution in [0.3, 0.4) is 0 Å². The van der Waals surface area contributed by atoms with Gasteiger partial charge in [0.1, 0.15) is 0 Å². The minimum atomic E-state index is 0. The highest BCUT2D eigenvalue weighted by Gasteiger charge is 2.31. The minimum Gasteiger partial charge on any atom is -0.337 e. The normalized spacial score (nSPS) is 14.9. The topological polar surface area (TPSA) is 35.6 Å². The SMILES string of the molecule is CCN(CC)CCN(Cc1ccccc1)C(=O)C(C)C1CNC1.Cl.Cl. The van der Waals surface area contributed by atoms with Gasteiger partial charge in [0, 0.05) is 25.6 Å². The Morgan fingerprint density at radius 2 is 1.72 bits per heavy atom. The van der Waals surface area contributed by atoms with Crippen molar-refractivity contribution < 1.29 is 4.79 Å². The van der Waals surface area contributed by atoms with Crippen LogP contribution in [0.4, 0.5) is 0 Å². The molecule has 0 bridgehead atoms. The van der Waals surface area contributed by atoms with Gasteiger partial charge in [-0.15, -0.1) is 24.8 Å². The maximum absolute atomic E-state index is 13.0. The third-order valence-corrected chi connectivity index (χ3v) is 5.02. The van der Waals surface area contributed by atoms with Gasteiger partial charge < -0.3 is 15.1 Å². The number of nitrogens with one attached hydrogen (secondary N) is 1. The number of nitrogens with zero attached hydrogens (tertiary/aromatic N) is 2. The van der Waals surface area contributed by atoms with Crippen LogP contribution in [0.25, 0.3) is 0 Å². The van der Waals surface area contributed by atoms with Gasteiger partial charge in [0.15, 0.2) is 0 Å². The Hall–Kier alpha value is -0.810. The van der Waals surface area contributed by atoms with Crippen molar-refractivity contribution >= 4 is 30.7 Å². The largest absolute Gasteiger partial charge is 0.337 e. The first-order chi connectivity index (χ1) is 11.2. The van der Waals surface area contributed by atoms with E-state index in [0.29, 0.717) is 18.4 Å². The van der Waals surface area contributed by atoms with Crippen molar-refractivity contribution in [2.45, 2.75) is 27.3 Å². The third-order valence-electron chi connectivity index (χ3n) is 5.02. The van der Waals surface area contributed by atoms with Gasteiger partial charge in [0.05, 0.1) is 0 Å². The number of halogens is 2. The van der Waals surface area contributed by atoms with Gasteiger partial charge in [-0.2, -0.15) is 0 Å². The van der Waals surface area contributed by atoms with E-state index in [-0.39, 0.29) is 30.7 Å². The summed E-state index contributed by atoms with van der Waals surface area (Å²) in [6.45, 7) is 12.9. The summed E-state index contributed by atoms with van der Waals surface area (Å²) in [5.74, 6) is 0.901. The summed E-state index contributed by atoms with van der Waals surface area (Å²) in [4.78, 5) is 17.4. The van der Waals surface area contributed by atoms with Gasteiger partial charge >= 0.3 is 0 Å². The van der Waals surface area contributed by atoms with E-state index in [2.05, 4.69) is 48.0 Å². The second kappa shape index (κ2) is 12.5. The van der Waals surface area contributed by atoms with E-state index < -0.39 is 0 Å². The fourth-order valence-electron chi connectivity index (χ4n) is 3.03. The van der Waals surface area contributed by atoms with Crippen molar-refractivity contribution in [2.75, 3.05) is 39.3 Å². The fourth-order valence-corrected chi connectivity index (χ4v) is 3.03. The molecule has 0 saturated carbocycles. The van der Waals surface area contributed by atoms with Gasteiger partial charge in [0.25, 0.3) is 0 Å².